The van der Waals surface area contributed by atoms with Crippen molar-refractivity contribution in [3.05, 3.63) is 52.4 Å². The van der Waals surface area contributed by atoms with Crippen LogP contribution >= 0.6 is 11.3 Å². The molecule has 0 aliphatic carbocycles. The predicted molar refractivity (Wildman–Crippen MR) is 71.2 cm³/mol. The van der Waals surface area contributed by atoms with Gasteiger partial charge in [-0.15, -0.1) is 11.3 Å². The summed E-state index contributed by atoms with van der Waals surface area (Å²) in [6, 6.07) is 9.28. The number of nitrogens with one attached hydrogen (secondary N) is 1. The number of amides is 1. The van der Waals surface area contributed by atoms with Crippen molar-refractivity contribution in [1.29, 1.82) is 0 Å². The zero-order valence-electron chi connectivity index (χ0n) is 9.77. The molecule has 90 valence electrons. The summed E-state index contributed by atoms with van der Waals surface area (Å²) in [5.74, 6) is -1.06. The lowest BCUT2D eigenvalue weighted by Crippen LogP contribution is -2.32. The highest BCUT2D eigenvalue weighted by Gasteiger charge is 2.35. The largest absolute Gasteiger partial charge is 0.316 e. The molecule has 1 unspecified atom stereocenters. The number of rotatable bonds is 1. The fraction of sp³-hybridized carbons (Fsp3) is 0.143. The normalized spacial score (nSPS) is 18.4. The molecular formula is C14H11NO2S. The molecule has 2 heterocycles. The number of fused-ring (bicyclic) bond motifs is 1. The van der Waals surface area contributed by atoms with Crippen molar-refractivity contribution in [2.45, 2.75) is 12.8 Å². The first-order valence-corrected chi connectivity index (χ1v) is 6.54. The van der Waals surface area contributed by atoms with Crippen LogP contribution in [-0.2, 0) is 4.79 Å². The Kier molecular flexibility index (Phi) is 2.52. The van der Waals surface area contributed by atoms with Crippen molar-refractivity contribution in [2.75, 3.05) is 5.32 Å². The van der Waals surface area contributed by atoms with Gasteiger partial charge >= 0.3 is 0 Å². The number of thiophene rings is 1. The second-order valence-corrected chi connectivity index (χ2v) is 5.28. The van der Waals surface area contributed by atoms with Crippen LogP contribution < -0.4 is 5.32 Å². The summed E-state index contributed by atoms with van der Waals surface area (Å²) in [4.78, 5) is 24.3. The van der Waals surface area contributed by atoms with Crippen LogP contribution in [0.5, 0.6) is 0 Å². The van der Waals surface area contributed by atoms with E-state index in [4.69, 9.17) is 0 Å². The van der Waals surface area contributed by atoms with E-state index in [1.807, 2.05) is 36.6 Å². The van der Waals surface area contributed by atoms with Gasteiger partial charge < -0.3 is 5.32 Å². The van der Waals surface area contributed by atoms with Gasteiger partial charge in [0.25, 0.3) is 0 Å². The van der Waals surface area contributed by atoms with Crippen molar-refractivity contribution in [2.24, 2.45) is 0 Å². The number of hydrogen-bond donors (Lipinski definition) is 1. The van der Waals surface area contributed by atoms with Crippen molar-refractivity contribution < 1.29 is 9.59 Å². The number of Topliss-reactive ketones (excluding diaryl/α,β-unsaturated/α-hetero) is 1. The molecule has 0 saturated heterocycles. The molecule has 2 aromatic rings. The highest BCUT2D eigenvalue weighted by molar-refractivity contribution is 7.15. The minimum absolute atomic E-state index is 0.112. The maximum Gasteiger partial charge on any atom is 0.240 e. The Bertz CT molecular complexity index is 627. The van der Waals surface area contributed by atoms with E-state index in [0.29, 0.717) is 10.6 Å². The third kappa shape index (κ3) is 1.66. The molecule has 1 atom stereocenters. The van der Waals surface area contributed by atoms with Gasteiger partial charge in [-0.05, 0) is 23.9 Å². The van der Waals surface area contributed by atoms with Crippen molar-refractivity contribution in [3.63, 3.8) is 0 Å². The lowest BCUT2D eigenvalue weighted by atomic mass is 9.88. The van der Waals surface area contributed by atoms with Gasteiger partial charge in [0.1, 0.15) is 10.9 Å². The summed E-state index contributed by atoms with van der Waals surface area (Å²) in [7, 11) is 0. The Hall–Kier alpha value is -1.94. The summed E-state index contributed by atoms with van der Waals surface area (Å²) >= 11 is 1.38. The number of carbonyl (C=O) groups is 2. The highest BCUT2D eigenvalue weighted by atomic mass is 32.1. The van der Waals surface area contributed by atoms with Gasteiger partial charge in [-0.2, -0.15) is 0 Å². The van der Waals surface area contributed by atoms with Crippen LogP contribution in [0.25, 0.3) is 0 Å². The maximum atomic E-state index is 12.3. The number of carbonyl (C=O) groups excluding carboxylic acids is 2. The van der Waals surface area contributed by atoms with E-state index < -0.39 is 5.92 Å². The molecule has 0 saturated carbocycles. The predicted octanol–water partition coefficient (Wildman–Crippen LogP) is 2.98. The molecular weight excluding hydrogens is 246 g/mol. The number of anilines is 1. The average Bonchev–Trinajstić information content (AvgIpc) is 2.80. The van der Waals surface area contributed by atoms with Gasteiger partial charge in [0.15, 0.2) is 5.78 Å². The zero-order chi connectivity index (χ0) is 12.7. The molecule has 1 aromatic heterocycles. The van der Waals surface area contributed by atoms with Crippen molar-refractivity contribution in [1.82, 2.24) is 0 Å². The van der Waals surface area contributed by atoms with Gasteiger partial charge in [-0.1, -0.05) is 29.8 Å². The smallest absolute Gasteiger partial charge is 0.240 e. The molecule has 0 fully saturated rings. The van der Waals surface area contributed by atoms with Gasteiger partial charge in [-0.25, -0.2) is 0 Å². The molecule has 0 bridgehead atoms. The molecule has 1 amide bonds. The fourth-order valence-corrected chi connectivity index (χ4v) is 2.92. The van der Waals surface area contributed by atoms with E-state index in [9.17, 15) is 9.59 Å². The molecule has 1 aliphatic rings. The minimum atomic E-state index is -0.715. The Morgan fingerprint density at radius 3 is 2.56 bits per heavy atom. The quantitative estimate of drug-likeness (QED) is 0.798. The Morgan fingerprint density at radius 1 is 1.11 bits per heavy atom. The van der Waals surface area contributed by atoms with Crippen LogP contribution in [0.4, 0.5) is 5.00 Å². The van der Waals surface area contributed by atoms with E-state index in [-0.39, 0.29) is 11.7 Å². The van der Waals surface area contributed by atoms with Crippen LogP contribution in [0.15, 0.2) is 35.7 Å². The monoisotopic (exact) mass is 257 g/mol. The molecule has 1 aliphatic heterocycles. The lowest BCUT2D eigenvalue weighted by molar-refractivity contribution is -0.116. The summed E-state index contributed by atoms with van der Waals surface area (Å²) in [6.45, 7) is 1.98. The first-order valence-electron chi connectivity index (χ1n) is 5.66. The standard InChI is InChI=1S/C14H11NO2S/c1-8-2-4-9(5-3-8)11-12(16)10-6-7-18-14(10)15-13(11)17/h2-7,11H,1H3,(H,15,17). The third-order valence-electron chi connectivity index (χ3n) is 3.10. The number of benzene rings is 1. The number of hydrogen-bond acceptors (Lipinski definition) is 3. The highest BCUT2D eigenvalue weighted by Crippen LogP contribution is 2.34. The number of ketones is 1. The lowest BCUT2D eigenvalue weighted by Gasteiger charge is -2.21. The van der Waals surface area contributed by atoms with Crippen LogP contribution in [-0.4, -0.2) is 11.7 Å². The van der Waals surface area contributed by atoms with Crippen LogP contribution in [0.3, 0.4) is 0 Å². The third-order valence-corrected chi connectivity index (χ3v) is 3.93. The average molecular weight is 257 g/mol. The Labute approximate surface area is 108 Å². The fourth-order valence-electron chi connectivity index (χ4n) is 2.12. The first kappa shape index (κ1) is 11.2. The molecule has 4 heteroatoms. The second kappa shape index (κ2) is 4.07. The van der Waals surface area contributed by atoms with E-state index in [1.54, 1.807) is 6.07 Å². The van der Waals surface area contributed by atoms with Crippen molar-refractivity contribution in [3.8, 4) is 0 Å². The van der Waals surface area contributed by atoms with E-state index >= 15 is 0 Å². The molecule has 0 spiro atoms. The summed E-state index contributed by atoms with van der Waals surface area (Å²) in [6.07, 6.45) is 0. The van der Waals surface area contributed by atoms with E-state index in [2.05, 4.69) is 5.32 Å². The number of aryl methyl sites for hydroxylation is 1. The minimum Gasteiger partial charge on any atom is -0.316 e. The second-order valence-electron chi connectivity index (χ2n) is 4.36. The maximum absolute atomic E-state index is 12.3. The Balaban J connectivity index is 2.05. The van der Waals surface area contributed by atoms with Crippen LogP contribution in [0.1, 0.15) is 27.4 Å². The topological polar surface area (TPSA) is 46.2 Å². The van der Waals surface area contributed by atoms with E-state index in [0.717, 1.165) is 11.1 Å². The zero-order valence-corrected chi connectivity index (χ0v) is 10.6. The molecule has 3 rings (SSSR count). The SMILES string of the molecule is Cc1ccc(C2C(=O)Nc3sccc3C2=O)cc1. The van der Waals surface area contributed by atoms with Gasteiger partial charge in [-0.3, -0.25) is 9.59 Å². The summed E-state index contributed by atoms with van der Waals surface area (Å²) in [5.41, 5.74) is 2.48. The summed E-state index contributed by atoms with van der Waals surface area (Å²) < 4.78 is 0. The van der Waals surface area contributed by atoms with Crippen LogP contribution in [0.2, 0.25) is 0 Å². The van der Waals surface area contributed by atoms with E-state index in [1.165, 1.54) is 11.3 Å². The molecule has 1 aromatic carbocycles. The van der Waals surface area contributed by atoms with Gasteiger partial charge in [0.05, 0.1) is 5.56 Å². The molecule has 1 N–H and O–H groups in total. The first-order chi connectivity index (χ1) is 8.66. The molecule has 18 heavy (non-hydrogen) atoms. The molecule has 0 radical (unpaired) electrons. The Morgan fingerprint density at radius 2 is 1.83 bits per heavy atom. The van der Waals surface area contributed by atoms with Gasteiger partial charge in [0, 0.05) is 0 Å². The van der Waals surface area contributed by atoms with Crippen LogP contribution in [0, 0.1) is 6.92 Å². The van der Waals surface area contributed by atoms with Gasteiger partial charge in [0.2, 0.25) is 5.91 Å². The van der Waals surface area contributed by atoms with Crippen molar-refractivity contribution >= 4 is 28.0 Å². The summed E-state index contributed by atoms with van der Waals surface area (Å²) in [5, 5.41) is 5.27. The molecule has 3 nitrogen and oxygen atoms in total.